The van der Waals surface area contributed by atoms with Crippen molar-refractivity contribution in [2.24, 2.45) is 0 Å². The summed E-state index contributed by atoms with van der Waals surface area (Å²) in [6, 6.07) is 5.78. The van der Waals surface area contributed by atoms with E-state index in [-0.39, 0.29) is 12.4 Å². The molecule has 0 spiro atoms. The van der Waals surface area contributed by atoms with Gasteiger partial charge in [0, 0.05) is 44.2 Å². The number of halogens is 1. The van der Waals surface area contributed by atoms with E-state index >= 15 is 0 Å². The van der Waals surface area contributed by atoms with Crippen molar-refractivity contribution in [2.45, 2.75) is 37.3 Å². The lowest BCUT2D eigenvalue weighted by molar-refractivity contribution is 0.301. The molecule has 174 valence electrons. The minimum Gasteiger partial charge on any atom is -0.495 e. The molecule has 0 atom stereocenters. The molecule has 5 rings (SSSR count). The largest absolute Gasteiger partial charge is 0.495 e. The fourth-order valence-corrected chi connectivity index (χ4v) is 4.50. The number of rotatable bonds is 7. The Labute approximate surface area is 192 Å². The number of hydrogen-bond acceptors (Lipinski definition) is 8. The van der Waals surface area contributed by atoms with Gasteiger partial charge in [0.1, 0.15) is 17.4 Å². The number of pyridine rings is 2. The van der Waals surface area contributed by atoms with Crippen LogP contribution in [0.1, 0.15) is 43.1 Å². The van der Waals surface area contributed by atoms with Gasteiger partial charge in [-0.3, -0.25) is 4.98 Å². The van der Waals surface area contributed by atoms with Crippen LogP contribution < -0.4 is 14.5 Å². The van der Waals surface area contributed by atoms with E-state index in [0.29, 0.717) is 30.8 Å². The molecule has 2 fully saturated rings. The molecule has 3 aromatic rings. The third-order valence-corrected chi connectivity index (χ3v) is 6.66. The molecule has 0 bridgehead atoms. The van der Waals surface area contributed by atoms with Crippen LogP contribution in [0.2, 0.25) is 0 Å². The molecule has 8 nitrogen and oxygen atoms in total. The molecule has 33 heavy (non-hydrogen) atoms. The molecular weight excluding hydrogens is 423 g/mol. The van der Waals surface area contributed by atoms with Gasteiger partial charge in [0.2, 0.25) is 0 Å². The summed E-state index contributed by atoms with van der Waals surface area (Å²) >= 11 is 0. The second-order valence-corrected chi connectivity index (χ2v) is 8.89. The van der Waals surface area contributed by atoms with Crippen molar-refractivity contribution in [2.75, 3.05) is 50.2 Å². The number of methoxy groups -OCH3 is 1. The molecule has 0 radical (unpaired) electrons. The average molecular weight is 453 g/mol. The van der Waals surface area contributed by atoms with Crippen LogP contribution in [-0.4, -0.2) is 65.4 Å². The van der Waals surface area contributed by atoms with Gasteiger partial charge in [-0.15, -0.1) is 0 Å². The highest BCUT2D eigenvalue weighted by atomic mass is 19.1. The fraction of sp³-hybridized carbons (Fsp3) is 0.500. The third-order valence-electron chi connectivity index (χ3n) is 6.66. The Kier molecular flexibility index (Phi) is 5.74. The van der Waals surface area contributed by atoms with Crippen molar-refractivity contribution >= 4 is 22.5 Å². The summed E-state index contributed by atoms with van der Waals surface area (Å²) in [5.74, 6) is 2.86. The number of anilines is 2. The van der Waals surface area contributed by atoms with Gasteiger partial charge in [0.25, 0.3) is 0 Å². The Morgan fingerprint density at radius 2 is 2.03 bits per heavy atom. The van der Waals surface area contributed by atoms with E-state index in [1.54, 1.807) is 13.3 Å². The van der Waals surface area contributed by atoms with Crippen LogP contribution in [-0.2, 0) is 5.67 Å². The smallest absolute Gasteiger partial charge is 0.170 e. The molecule has 1 N–H and O–H groups in total. The topological polar surface area (TPSA) is 87.5 Å². The van der Waals surface area contributed by atoms with Gasteiger partial charge in [0.15, 0.2) is 11.5 Å². The minimum atomic E-state index is -1.42. The number of fused-ring (bicyclic) bond motifs is 1. The first-order chi connectivity index (χ1) is 16.0. The Morgan fingerprint density at radius 3 is 2.73 bits per heavy atom. The first-order valence-electron chi connectivity index (χ1n) is 11.5. The van der Waals surface area contributed by atoms with E-state index in [4.69, 9.17) is 9.72 Å². The van der Waals surface area contributed by atoms with Crippen LogP contribution in [0, 0.1) is 0 Å². The Hall–Kier alpha value is -3.07. The number of alkyl halides is 1. The second-order valence-electron chi connectivity index (χ2n) is 8.89. The summed E-state index contributed by atoms with van der Waals surface area (Å²) in [6.45, 7) is 2.06. The fourth-order valence-electron chi connectivity index (χ4n) is 4.50. The quantitative estimate of drug-likeness (QED) is 0.585. The summed E-state index contributed by atoms with van der Waals surface area (Å²) in [5.41, 5.74) is 0.217. The molecule has 1 saturated carbocycles. The highest BCUT2D eigenvalue weighted by molar-refractivity contribution is 5.91. The molecule has 2 aliphatic rings. The number of ether oxygens (including phenoxy) is 1. The zero-order chi connectivity index (χ0) is 23.0. The SMILES string of the molecule is COc1cccnc1C1CCN(c2nc(C3(F)CC3)nc3cnc(N(C)CCO)cc23)CC1. The van der Waals surface area contributed by atoms with Gasteiger partial charge < -0.3 is 19.6 Å². The average Bonchev–Trinajstić information content (AvgIpc) is 3.61. The molecule has 0 unspecified atom stereocenters. The molecule has 1 saturated heterocycles. The van der Waals surface area contributed by atoms with E-state index in [0.717, 1.165) is 54.4 Å². The molecule has 0 amide bonds. The van der Waals surface area contributed by atoms with Gasteiger partial charge in [-0.05, 0) is 43.9 Å². The van der Waals surface area contributed by atoms with Gasteiger partial charge in [0.05, 0.1) is 31.1 Å². The Bertz CT molecular complexity index is 1150. The first-order valence-corrected chi connectivity index (χ1v) is 11.5. The van der Waals surface area contributed by atoms with Crippen LogP contribution in [0.15, 0.2) is 30.6 Å². The van der Waals surface area contributed by atoms with Crippen molar-refractivity contribution in [1.29, 1.82) is 0 Å². The van der Waals surface area contributed by atoms with E-state index in [2.05, 4.69) is 19.9 Å². The van der Waals surface area contributed by atoms with Crippen molar-refractivity contribution < 1.29 is 14.2 Å². The highest BCUT2D eigenvalue weighted by Gasteiger charge is 2.48. The molecule has 1 aliphatic heterocycles. The number of piperidine rings is 1. The number of likely N-dealkylation sites (N-methyl/N-ethyl adjacent to an activating group) is 1. The van der Waals surface area contributed by atoms with Gasteiger partial charge in [-0.1, -0.05) is 0 Å². The van der Waals surface area contributed by atoms with Crippen LogP contribution in [0.25, 0.3) is 10.9 Å². The first kappa shape index (κ1) is 21.8. The normalized spacial score (nSPS) is 17.9. The maximum absolute atomic E-state index is 15.0. The molecule has 1 aliphatic carbocycles. The lowest BCUT2D eigenvalue weighted by atomic mass is 9.92. The van der Waals surface area contributed by atoms with Gasteiger partial charge >= 0.3 is 0 Å². The molecule has 4 heterocycles. The molecule has 9 heteroatoms. The Balaban J connectivity index is 1.48. The zero-order valence-corrected chi connectivity index (χ0v) is 19.0. The summed E-state index contributed by atoms with van der Waals surface area (Å²) in [7, 11) is 3.56. The van der Waals surface area contributed by atoms with E-state index in [1.807, 2.05) is 36.3 Å². The minimum absolute atomic E-state index is 0.0351. The molecule has 0 aromatic carbocycles. The predicted octanol–water partition coefficient (Wildman–Crippen LogP) is 3.20. The van der Waals surface area contributed by atoms with E-state index < -0.39 is 5.67 Å². The van der Waals surface area contributed by atoms with Crippen LogP contribution in [0.5, 0.6) is 5.75 Å². The van der Waals surface area contributed by atoms with Crippen molar-refractivity contribution in [1.82, 2.24) is 19.9 Å². The summed E-state index contributed by atoms with van der Waals surface area (Å²) in [6.07, 6.45) is 6.22. The van der Waals surface area contributed by atoms with Crippen LogP contribution in [0.4, 0.5) is 16.0 Å². The van der Waals surface area contributed by atoms with Crippen LogP contribution in [0.3, 0.4) is 0 Å². The number of hydrogen-bond donors (Lipinski definition) is 1. The van der Waals surface area contributed by atoms with Crippen molar-refractivity contribution in [3.05, 3.63) is 42.1 Å². The molecule has 3 aromatic heterocycles. The predicted molar refractivity (Wildman–Crippen MR) is 125 cm³/mol. The third kappa shape index (κ3) is 4.17. The summed E-state index contributed by atoms with van der Waals surface area (Å²) in [5, 5.41) is 10.2. The zero-order valence-electron chi connectivity index (χ0n) is 19.0. The van der Waals surface area contributed by atoms with Crippen molar-refractivity contribution in [3.63, 3.8) is 0 Å². The van der Waals surface area contributed by atoms with E-state index in [1.165, 1.54) is 0 Å². The highest BCUT2D eigenvalue weighted by Crippen LogP contribution is 2.49. The standard InChI is InChI=1S/C24H29FN6O2/c1-30(12-13-32)20-14-17-18(15-27-20)28-23(24(25)7-8-24)29-22(17)31-10-5-16(6-11-31)21-19(33-2)4-3-9-26-21/h3-4,9,14-16,32H,5-8,10-13H2,1-2H3. The number of aromatic nitrogens is 4. The number of aliphatic hydroxyl groups excluding tert-OH is 1. The van der Waals surface area contributed by atoms with E-state index in [9.17, 15) is 9.50 Å². The Morgan fingerprint density at radius 1 is 1.24 bits per heavy atom. The van der Waals surface area contributed by atoms with Crippen molar-refractivity contribution in [3.8, 4) is 5.75 Å². The monoisotopic (exact) mass is 452 g/mol. The molecular formula is C24H29FN6O2. The van der Waals surface area contributed by atoms with Gasteiger partial charge in [-0.2, -0.15) is 0 Å². The second kappa shape index (κ2) is 8.70. The lowest BCUT2D eigenvalue weighted by Gasteiger charge is -2.34. The maximum atomic E-state index is 15.0. The number of aliphatic hydroxyl groups is 1. The maximum Gasteiger partial charge on any atom is 0.170 e. The number of nitrogens with zero attached hydrogens (tertiary/aromatic N) is 6. The summed E-state index contributed by atoms with van der Waals surface area (Å²) in [4.78, 5) is 22.4. The lowest BCUT2D eigenvalue weighted by Crippen LogP contribution is -2.34. The summed E-state index contributed by atoms with van der Waals surface area (Å²) < 4.78 is 20.5. The van der Waals surface area contributed by atoms with Gasteiger partial charge in [-0.25, -0.2) is 19.3 Å². The van der Waals surface area contributed by atoms with Crippen LogP contribution >= 0.6 is 0 Å².